The van der Waals surface area contributed by atoms with Gasteiger partial charge in [-0.25, -0.2) is 0 Å². The van der Waals surface area contributed by atoms with Crippen LogP contribution in [0.15, 0.2) is 176 Å². The molecular weight excluding hydrogens is 775 g/mol. The molecule has 2 unspecified atom stereocenters. The first-order chi connectivity index (χ1) is 31.4. The van der Waals surface area contributed by atoms with Crippen molar-refractivity contribution in [2.45, 2.75) is 63.7 Å². The Kier molecular flexibility index (Phi) is 7.50. The molecule has 310 valence electrons. The Morgan fingerprint density at radius 2 is 1.08 bits per heavy atom. The van der Waals surface area contributed by atoms with Crippen LogP contribution in [0.3, 0.4) is 0 Å². The molecule has 14 rings (SSSR count). The molecule has 3 heterocycles. The van der Waals surface area contributed by atoms with Crippen LogP contribution >= 0.6 is 0 Å². The Labute approximate surface area is 375 Å². The number of aromatic nitrogens is 2. The number of benzene rings is 8. The molecule has 3 heteroatoms. The Morgan fingerprint density at radius 3 is 1.80 bits per heavy atom. The van der Waals surface area contributed by atoms with Crippen LogP contribution in [0.25, 0.3) is 66.1 Å². The first-order valence-corrected chi connectivity index (χ1v) is 23.7. The minimum Gasteiger partial charge on any atom is -0.310 e. The zero-order valence-corrected chi connectivity index (χ0v) is 36.9. The lowest BCUT2D eigenvalue weighted by Gasteiger charge is -2.57. The summed E-state index contributed by atoms with van der Waals surface area (Å²) in [6, 6.07) is 67.2. The van der Waals surface area contributed by atoms with E-state index in [4.69, 9.17) is 0 Å². The van der Waals surface area contributed by atoms with Crippen LogP contribution in [0.5, 0.6) is 0 Å². The maximum absolute atomic E-state index is 2.66. The third kappa shape index (κ3) is 4.67. The highest BCUT2D eigenvalue weighted by Crippen LogP contribution is 2.64. The molecule has 0 amide bonds. The molecule has 2 aromatic heterocycles. The Morgan fingerprint density at radius 1 is 0.500 bits per heavy atom. The van der Waals surface area contributed by atoms with Crippen LogP contribution < -0.4 is 4.90 Å². The van der Waals surface area contributed by atoms with Crippen LogP contribution in [-0.2, 0) is 10.8 Å². The molecule has 0 radical (unpaired) electrons. The molecule has 4 aliphatic rings. The highest BCUT2D eigenvalue weighted by atomic mass is 15.2. The van der Waals surface area contributed by atoms with E-state index in [9.17, 15) is 0 Å². The molecule has 3 nitrogen and oxygen atoms in total. The fourth-order valence-corrected chi connectivity index (χ4v) is 14.2. The van der Waals surface area contributed by atoms with Gasteiger partial charge in [0.05, 0.1) is 33.4 Å². The molecule has 4 atom stereocenters. The van der Waals surface area contributed by atoms with Crippen molar-refractivity contribution in [2.24, 2.45) is 17.8 Å². The zero-order valence-electron chi connectivity index (χ0n) is 36.9. The molecule has 3 aliphatic carbocycles. The van der Waals surface area contributed by atoms with Gasteiger partial charge in [-0.2, -0.15) is 0 Å². The third-order valence-corrected chi connectivity index (χ3v) is 16.6. The lowest BCUT2D eigenvalue weighted by Crippen LogP contribution is -2.52. The molecule has 0 N–H and O–H groups in total. The smallest absolute Gasteiger partial charge is 0.0603 e. The number of anilines is 3. The molecule has 0 saturated heterocycles. The van der Waals surface area contributed by atoms with E-state index in [0.29, 0.717) is 11.8 Å². The monoisotopic (exact) mass is 825 g/mol. The van der Waals surface area contributed by atoms with E-state index < -0.39 is 0 Å². The quantitative estimate of drug-likeness (QED) is 0.172. The van der Waals surface area contributed by atoms with Gasteiger partial charge < -0.3 is 14.0 Å². The van der Waals surface area contributed by atoms with E-state index in [1.54, 1.807) is 11.1 Å². The number of rotatable bonds is 4. The molecule has 2 bridgehead atoms. The van der Waals surface area contributed by atoms with Gasteiger partial charge in [-0.15, -0.1) is 0 Å². The maximum Gasteiger partial charge on any atom is 0.0603 e. The predicted octanol–water partition coefficient (Wildman–Crippen LogP) is 16.1. The molecule has 2 fully saturated rings. The SMILES string of the molecule is CC1C[C@H]2CCC[C@@H](C1)C21c2ccccc2-n2c3ccccc3c3c(N(c4ccc(-n5c6ccccc6c6ccccc65)cc4)c4ccc5c(c4)C(C)(C)c4ccccc4-5)ccc1c32. The second kappa shape index (κ2) is 13.1. The van der Waals surface area contributed by atoms with Crippen molar-refractivity contribution in [1.82, 2.24) is 9.13 Å². The summed E-state index contributed by atoms with van der Waals surface area (Å²) < 4.78 is 5.09. The summed E-state index contributed by atoms with van der Waals surface area (Å²) in [5.41, 5.74) is 19.7. The fourth-order valence-electron chi connectivity index (χ4n) is 14.2. The summed E-state index contributed by atoms with van der Waals surface area (Å²) >= 11 is 0. The van der Waals surface area contributed by atoms with Gasteiger partial charge >= 0.3 is 0 Å². The minimum absolute atomic E-state index is 0.000664. The van der Waals surface area contributed by atoms with Crippen LogP contribution in [0, 0.1) is 17.8 Å². The second-order valence-electron chi connectivity index (χ2n) is 20.1. The molecular formula is C61H51N3. The Bertz CT molecular complexity index is 3490. The van der Waals surface area contributed by atoms with Crippen LogP contribution in [0.1, 0.15) is 75.1 Å². The summed E-state index contributed by atoms with van der Waals surface area (Å²) in [7, 11) is 0. The van der Waals surface area contributed by atoms with Crippen molar-refractivity contribution in [3.05, 3.63) is 198 Å². The van der Waals surface area contributed by atoms with Crippen molar-refractivity contribution < 1.29 is 0 Å². The van der Waals surface area contributed by atoms with Gasteiger partial charge in [-0.3, -0.25) is 0 Å². The van der Waals surface area contributed by atoms with E-state index in [2.05, 4.69) is 211 Å². The summed E-state index contributed by atoms with van der Waals surface area (Å²) in [5, 5.41) is 5.23. The van der Waals surface area contributed by atoms with Crippen LogP contribution in [-0.4, -0.2) is 9.13 Å². The van der Waals surface area contributed by atoms with E-state index in [1.807, 2.05) is 0 Å². The average molecular weight is 826 g/mol. The largest absolute Gasteiger partial charge is 0.310 e. The maximum atomic E-state index is 2.66. The molecule has 1 aliphatic heterocycles. The van der Waals surface area contributed by atoms with E-state index in [0.717, 1.165) is 17.3 Å². The number of para-hydroxylation sites is 4. The van der Waals surface area contributed by atoms with Gasteiger partial charge in [0.2, 0.25) is 0 Å². The van der Waals surface area contributed by atoms with Gasteiger partial charge in [0, 0.05) is 49.4 Å². The second-order valence-corrected chi connectivity index (χ2v) is 20.1. The molecule has 8 aromatic carbocycles. The third-order valence-electron chi connectivity index (χ3n) is 16.6. The summed E-state index contributed by atoms with van der Waals surface area (Å²) in [4.78, 5) is 2.59. The van der Waals surface area contributed by atoms with Gasteiger partial charge in [0.1, 0.15) is 0 Å². The topological polar surface area (TPSA) is 13.1 Å². The minimum atomic E-state index is -0.129. The highest BCUT2D eigenvalue weighted by Gasteiger charge is 2.56. The normalized spacial score (nSPS) is 21.4. The van der Waals surface area contributed by atoms with Gasteiger partial charge in [0.25, 0.3) is 0 Å². The molecule has 2 saturated carbocycles. The van der Waals surface area contributed by atoms with E-state index in [-0.39, 0.29) is 10.8 Å². The summed E-state index contributed by atoms with van der Waals surface area (Å²) in [5.74, 6) is 2.01. The first-order valence-electron chi connectivity index (χ1n) is 23.7. The van der Waals surface area contributed by atoms with Crippen molar-refractivity contribution in [2.75, 3.05) is 4.90 Å². The number of fused-ring (bicyclic) bond motifs is 11. The number of hydrogen-bond donors (Lipinski definition) is 0. The van der Waals surface area contributed by atoms with Crippen molar-refractivity contribution in [1.29, 1.82) is 0 Å². The summed E-state index contributed by atoms with van der Waals surface area (Å²) in [6.07, 6.45) is 6.54. The van der Waals surface area contributed by atoms with Crippen molar-refractivity contribution in [3.63, 3.8) is 0 Å². The van der Waals surface area contributed by atoms with Crippen LogP contribution in [0.4, 0.5) is 17.1 Å². The predicted molar refractivity (Wildman–Crippen MR) is 267 cm³/mol. The highest BCUT2D eigenvalue weighted by molar-refractivity contribution is 6.18. The standard InChI is InChI=1S/C61H51N3/c1-38-35-39-15-14-16-40(36-38)61(39)50-22-9-13-26-56(50)64-55-25-12-7-20-48(55)58-57(34-33-51(61)59(58)64)62(43-31-32-45-44-17-4-8-21-49(44)60(2,3)52(45)37-43)41-27-29-42(30-28-41)63-53-23-10-5-18-46(53)47-19-6-11-24-54(47)63/h4-13,17-34,37-40H,14-16,35-36H2,1-3H3/t38?,39-,40+,61?. The fraction of sp³-hybridized carbons (Fsp3) is 0.213. The van der Waals surface area contributed by atoms with E-state index in [1.165, 1.54) is 115 Å². The Balaban J connectivity index is 1.05. The van der Waals surface area contributed by atoms with Crippen LogP contribution in [0.2, 0.25) is 0 Å². The molecule has 10 aromatic rings. The number of nitrogens with zero attached hydrogens (tertiary/aromatic N) is 3. The molecule has 1 spiro atoms. The van der Waals surface area contributed by atoms with Gasteiger partial charge in [-0.1, -0.05) is 136 Å². The van der Waals surface area contributed by atoms with Gasteiger partial charge in [0.15, 0.2) is 0 Å². The van der Waals surface area contributed by atoms with Gasteiger partial charge in [-0.05, 0) is 144 Å². The van der Waals surface area contributed by atoms with Crippen molar-refractivity contribution >= 4 is 60.7 Å². The average Bonchev–Trinajstić information content (AvgIpc) is 3.93. The first kappa shape index (κ1) is 36.6. The van der Waals surface area contributed by atoms with Crippen molar-refractivity contribution in [3.8, 4) is 22.5 Å². The lowest BCUT2D eigenvalue weighted by atomic mass is 9.47. The lowest BCUT2D eigenvalue weighted by molar-refractivity contribution is 0.0532. The number of hydrogen-bond acceptors (Lipinski definition) is 1. The Hall–Kier alpha value is -6.84. The van der Waals surface area contributed by atoms with E-state index >= 15 is 0 Å². The summed E-state index contributed by atoms with van der Waals surface area (Å²) in [6.45, 7) is 7.32. The molecule has 64 heavy (non-hydrogen) atoms. The zero-order chi connectivity index (χ0) is 42.5.